The average Bonchev–Trinajstić information content (AvgIpc) is 2.00. The van der Waals surface area contributed by atoms with E-state index in [0.717, 1.165) is 6.42 Å². The van der Waals surface area contributed by atoms with Crippen LogP contribution in [0.15, 0.2) is 34.5 Å². The molecule has 0 aromatic carbocycles. The fraction of sp³-hybridized carbons (Fsp3) is 0.143. The zero-order chi connectivity index (χ0) is 6.36. The van der Waals surface area contributed by atoms with Crippen molar-refractivity contribution in [1.82, 2.24) is 0 Å². The summed E-state index contributed by atoms with van der Waals surface area (Å²) >= 11 is 0. The minimum Gasteiger partial charge on any atom is -0.159 e. The molecular formula is C7H8N2. The van der Waals surface area contributed by atoms with Crippen LogP contribution in [0.2, 0.25) is 0 Å². The van der Waals surface area contributed by atoms with Gasteiger partial charge < -0.3 is 0 Å². The Bertz CT molecular complexity index is 155. The van der Waals surface area contributed by atoms with Gasteiger partial charge in [0, 0.05) is 12.4 Å². The second kappa shape index (κ2) is 3.78. The number of hydrogen-bond donors (Lipinski definition) is 0. The normalized spacial score (nSPS) is 31.1. The van der Waals surface area contributed by atoms with Gasteiger partial charge >= 0.3 is 0 Å². The third kappa shape index (κ3) is 2.59. The molecule has 0 fully saturated rings. The smallest absolute Gasteiger partial charge is 0.0492 e. The summed E-state index contributed by atoms with van der Waals surface area (Å²) in [5.74, 6) is 0. The maximum Gasteiger partial charge on any atom is 0.0492 e. The van der Waals surface area contributed by atoms with Crippen molar-refractivity contribution in [2.75, 3.05) is 0 Å². The highest BCUT2D eigenvalue weighted by atomic mass is 15.2. The standard InChI is InChI=1S/C7H8N2/c1-2-4-6-8-9-7-5-3-1/h2-7H,1H2/b4-2-,5-3-,8-6-,9-7-. The fourth-order valence-corrected chi connectivity index (χ4v) is 0.511. The number of rotatable bonds is 0. The number of allylic oxidation sites excluding steroid dienone is 4. The van der Waals surface area contributed by atoms with Gasteiger partial charge in [-0.2, -0.15) is 10.2 Å². The largest absolute Gasteiger partial charge is 0.159 e. The van der Waals surface area contributed by atoms with E-state index in [9.17, 15) is 0 Å². The highest BCUT2D eigenvalue weighted by Crippen LogP contribution is 1.85. The Morgan fingerprint density at radius 2 is 1.44 bits per heavy atom. The Labute approximate surface area is 54.3 Å². The molecule has 0 radical (unpaired) electrons. The highest BCUT2D eigenvalue weighted by Gasteiger charge is 1.71. The Morgan fingerprint density at radius 3 is 2.00 bits per heavy atom. The summed E-state index contributed by atoms with van der Waals surface area (Å²) < 4.78 is 0. The zero-order valence-electron chi connectivity index (χ0n) is 5.07. The number of hydrogen-bond acceptors (Lipinski definition) is 2. The average molecular weight is 120 g/mol. The predicted molar refractivity (Wildman–Crippen MR) is 39.9 cm³/mol. The van der Waals surface area contributed by atoms with E-state index in [0.29, 0.717) is 0 Å². The van der Waals surface area contributed by atoms with Crippen molar-refractivity contribution in [3.05, 3.63) is 24.3 Å². The molecule has 0 saturated heterocycles. The molecule has 2 heteroatoms. The lowest BCUT2D eigenvalue weighted by Gasteiger charge is -1.73. The lowest BCUT2D eigenvalue weighted by atomic mass is 10.3. The molecule has 1 aliphatic rings. The second-order valence-electron chi connectivity index (χ2n) is 1.62. The van der Waals surface area contributed by atoms with Crippen LogP contribution in [0.1, 0.15) is 6.42 Å². The van der Waals surface area contributed by atoms with Gasteiger partial charge in [-0.05, 0) is 18.6 Å². The van der Waals surface area contributed by atoms with Gasteiger partial charge in [0.15, 0.2) is 0 Å². The zero-order valence-corrected chi connectivity index (χ0v) is 5.07. The lowest BCUT2D eigenvalue weighted by molar-refractivity contribution is 1.27. The molecule has 0 spiro atoms. The molecule has 0 amide bonds. The molecule has 1 rings (SSSR count). The van der Waals surface area contributed by atoms with Crippen LogP contribution in [0.25, 0.3) is 0 Å². The van der Waals surface area contributed by atoms with E-state index in [1.54, 1.807) is 12.4 Å². The first-order chi connectivity index (χ1) is 4.50. The molecule has 1 aliphatic heterocycles. The van der Waals surface area contributed by atoms with Crippen LogP contribution >= 0.6 is 0 Å². The Hall–Kier alpha value is -1.18. The van der Waals surface area contributed by atoms with Gasteiger partial charge in [-0.15, -0.1) is 0 Å². The maximum absolute atomic E-state index is 3.70. The SMILES string of the molecule is C1=C\C\C=C/C=N\N=C/1. The molecule has 0 saturated carbocycles. The molecule has 2 nitrogen and oxygen atoms in total. The molecule has 46 valence electrons. The van der Waals surface area contributed by atoms with Crippen molar-refractivity contribution in [3.8, 4) is 0 Å². The van der Waals surface area contributed by atoms with E-state index in [-0.39, 0.29) is 0 Å². The first-order valence-electron chi connectivity index (χ1n) is 2.87. The van der Waals surface area contributed by atoms with E-state index in [4.69, 9.17) is 0 Å². The minimum absolute atomic E-state index is 0.956. The topological polar surface area (TPSA) is 24.7 Å². The van der Waals surface area contributed by atoms with Crippen molar-refractivity contribution in [1.29, 1.82) is 0 Å². The second-order valence-corrected chi connectivity index (χ2v) is 1.62. The summed E-state index contributed by atoms with van der Waals surface area (Å²) in [6, 6.07) is 0. The van der Waals surface area contributed by atoms with Crippen molar-refractivity contribution < 1.29 is 0 Å². The van der Waals surface area contributed by atoms with Gasteiger partial charge in [0.05, 0.1) is 0 Å². The molecular weight excluding hydrogens is 112 g/mol. The predicted octanol–water partition coefficient (Wildman–Crippen LogP) is 1.56. The Kier molecular flexibility index (Phi) is 2.50. The Morgan fingerprint density at radius 1 is 0.889 bits per heavy atom. The van der Waals surface area contributed by atoms with E-state index in [1.165, 1.54) is 0 Å². The fourth-order valence-electron chi connectivity index (χ4n) is 0.511. The molecule has 0 aliphatic carbocycles. The third-order valence-electron chi connectivity index (χ3n) is 0.916. The summed E-state index contributed by atoms with van der Waals surface area (Å²) in [5, 5.41) is 7.39. The molecule has 1 heterocycles. The quantitative estimate of drug-likeness (QED) is 0.463. The molecule has 0 aromatic rings. The lowest BCUT2D eigenvalue weighted by Crippen LogP contribution is -1.60. The molecule has 0 unspecified atom stereocenters. The minimum atomic E-state index is 0.956. The van der Waals surface area contributed by atoms with Crippen LogP contribution in [0, 0.1) is 0 Å². The summed E-state index contributed by atoms with van der Waals surface area (Å²) in [4.78, 5) is 0. The van der Waals surface area contributed by atoms with Crippen LogP contribution < -0.4 is 0 Å². The molecule has 0 aromatic heterocycles. The van der Waals surface area contributed by atoms with Crippen molar-refractivity contribution in [3.63, 3.8) is 0 Å². The van der Waals surface area contributed by atoms with Gasteiger partial charge in [-0.25, -0.2) is 0 Å². The third-order valence-corrected chi connectivity index (χ3v) is 0.916. The Balaban J connectivity index is 2.60. The van der Waals surface area contributed by atoms with Gasteiger partial charge in [0.25, 0.3) is 0 Å². The summed E-state index contributed by atoms with van der Waals surface area (Å²) in [5.41, 5.74) is 0. The summed E-state index contributed by atoms with van der Waals surface area (Å²) in [6.07, 6.45) is 12.1. The van der Waals surface area contributed by atoms with Crippen LogP contribution in [-0.2, 0) is 0 Å². The summed E-state index contributed by atoms with van der Waals surface area (Å²) in [7, 11) is 0. The molecule has 0 atom stereocenters. The van der Waals surface area contributed by atoms with Crippen molar-refractivity contribution in [2.24, 2.45) is 10.2 Å². The van der Waals surface area contributed by atoms with Crippen LogP contribution in [0.3, 0.4) is 0 Å². The van der Waals surface area contributed by atoms with Crippen molar-refractivity contribution >= 4 is 12.4 Å². The van der Waals surface area contributed by atoms with Gasteiger partial charge in [0.1, 0.15) is 0 Å². The first-order valence-corrected chi connectivity index (χ1v) is 2.87. The van der Waals surface area contributed by atoms with Gasteiger partial charge in [0.2, 0.25) is 0 Å². The van der Waals surface area contributed by atoms with Crippen LogP contribution in [-0.4, -0.2) is 12.4 Å². The molecule has 0 bridgehead atoms. The first kappa shape index (κ1) is 5.95. The van der Waals surface area contributed by atoms with E-state index < -0.39 is 0 Å². The number of nitrogens with zero attached hydrogens (tertiary/aromatic N) is 2. The summed E-state index contributed by atoms with van der Waals surface area (Å²) in [6.45, 7) is 0. The van der Waals surface area contributed by atoms with E-state index >= 15 is 0 Å². The monoisotopic (exact) mass is 120 g/mol. The van der Waals surface area contributed by atoms with Crippen molar-refractivity contribution in [2.45, 2.75) is 6.42 Å². The van der Waals surface area contributed by atoms with Gasteiger partial charge in [-0.3, -0.25) is 0 Å². The van der Waals surface area contributed by atoms with Crippen LogP contribution in [0.4, 0.5) is 0 Å². The van der Waals surface area contributed by atoms with Gasteiger partial charge in [-0.1, -0.05) is 12.2 Å². The van der Waals surface area contributed by atoms with Crippen LogP contribution in [0.5, 0.6) is 0 Å². The van der Waals surface area contributed by atoms with E-state index in [1.807, 2.05) is 24.3 Å². The van der Waals surface area contributed by atoms with E-state index in [2.05, 4.69) is 10.2 Å². The molecule has 0 N–H and O–H groups in total. The highest BCUT2D eigenvalue weighted by molar-refractivity contribution is 5.75. The maximum atomic E-state index is 3.70. The molecule has 9 heavy (non-hydrogen) atoms.